The molecule has 4 aliphatic heterocycles. The molecular formula is C34H47N3O5. The maximum absolute atomic E-state index is 14.7. The molecule has 6 atom stereocenters. The summed E-state index contributed by atoms with van der Waals surface area (Å²) >= 11 is 0. The number of likely N-dealkylation sites (tertiary alicyclic amines) is 1. The lowest BCUT2D eigenvalue weighted by molar-refractivity contribution is -0.160. The molecule has 2 saturated heterocycles. The summed E-state index contributed by atoms with van der Waals surface area (Å²) in [6.45, 7) is 15.2. The third-order valence-electron chi connectivity index (χ3n) is 9.61. The fourth-order valence-corrected chi connectivity index (χ4v) is 8.20. The first-order valence-electron chi connectivity index (χ1n) is 15.3. The van der Waals surface area contributed by atoms with Crippen LogP contribution in [0.2, 0.25) is 0 Å². The van der Waals surface area contributed by atoms with Crippen LogP contribution in [-0.4, -0.2) is 86.0 Å². The van der Waals surface area contributed by atoms with Gasteiger partial charge in [-0.05, 0) is 44.6 Å². The zero-order chi connectivity index (χ0) is 30.7. The van der Waals surface area contributed by atoms with E-state index >= 15 is 0 Å². The molecule has 8 nitrogen and oxygen atoms in total. The number of benzene rings is 1. The van der Waals surface area contributed by atoms with Gasteiger partial charge in [0.15, 0.2) is 0 Å². The third kappa shape index (κ3) is 4.80. The molecule has 5 rings (SSSR count). The maximum atomic E-state index is 14.7. The Morgan fingerprint density at radius 3 is 2.24 bits per heavy atom. The number of aliphatic hydroxyl groups is 1. The van der Waals surface area contributed by atoms with Crippen LogP contribution in [0.15, 0.2) is 54.6 Å². The van der Waals surface area contributed by atoms with Crippen molar-refractivity contribution in [2.45, 2.75) is 96.7 Å². The van der Waals surface area contributed by atoms with Gasteiger partial charge < -0.3 is 24.5 Å². The lowest BCUT2D eigenvalue weighted by Crippen LogP contribution is -2.61. The molecular weight excluding hydrogens is 530 g/mol. The predicted octanol–water partition coefficient (Wildman–Crippen LogP) is 3.94. The van der Waals surface area contributed by atoms with Gasteiger partial charge in [-0.15, -0.1) is 0 Å². The molecule has 1 aromatic rings. The van der Waals surface area contributed by atoms with Gasteiger partial charge in [0.05, 0.1) is 30.1 Å². The first kappa shape index (κ1) is 30.5. The highest BCUT2D eigenvalue weighted by molar-refractivity contribution is 6.00. The summed E-state index contributed by atoms with van der Waals surface area (Å²) < 4.78 is 7.06. The Morgan fingerprint density at radius 2 is 1.62 bits per heavy atom. The summed E-state index contributed by atoms with van der Waals surface area (Å²) in [5.74, 6) is -2.35. The molecule has 0 saturated carbocycles. The van der Waals surface area contributed by atoms with Crippen molar-refractivity contribution in [1.82, 2.24) is 14.7 Å². The Bertz CT molecular complexity index is 1280. The van der Waals surface area contributed by atoms with Crippen molar-refractivity contribution in [2.75, 3.05) is 19.7 Å². The molecule has 0 radical (unpaired) electrons. The molecule has 228 valence electrons. The Kier molecular flexibility index (Phi) is 7.72. The quantitative estimate of drug-likeness (QED) is 0.496. The molecule has 0 bridgehead atoms. The lowest BCUT2D eigenvalue weighted by Gasteiger charge is -2.45. The monoisotopic (exact) mass is 577 g/mol. The second-order valence-electron chi connectivity index (χ2n) is 14.4. The molecule has 1 N–H and O–H groups in total. The smallest absolute Gasteiger partial charge is 0.249 e. The Morgan fingerprint density at radius 1 is 0.952 bits per heavy atom. The van der Waals surface area contributed by atoms with Gasteiger partial charge >= 0.3 is 0 Å². The van der Waals surface area contributed by atoms with Gasteiger partial charge in [0.2, 0.25) is 17.7 Å². The van der Waals surface area contributed by atoms with Crippen LogP contribution in [-0.2, 0) is 25.7 Å². The first-order chi connectivity index (χ1) is 19.7. The molecule has 1 unspecified atom stereocenters. The number of fused-ring (bicyclic) bond motifs is 2. The molecule has 3 amide bonds. The fourth-order valence-electron chi connectivity index (χ4n) is 8.20. The van der Waals surface area contributed by atoms with Crippen molar-refractivity contribution >= 4 is 17.7 Å². The van der Waals surface area contributed by atoms with E-state index in [1.807, 2.05) is 66.5 Å². The highest BCUT2D eigenvalue weighted by Gasteiger charge is 2.76. The highest BCUT2D eigenvalue weighted by Crippen LogP contribution is 2.59. The fraction of sp³-hybridized carbons (Fsp3) is 0.618. The van der Waals surface area contributed by atoms with Gasteiger partial charge in [-0.3, -0.25) is 14.4 Å². The van der Waals surface area contributed by atoms with Crippen LogP contribution in [0, 0.1) is 17.3 Å². The lowest BCUT2D eigenvalue weighted by atomic mass is 9.72. The SMILES string of the molecule is CC[C@@]12C=CCN(Cc3ccccc3)C(=O)[C@@H]1[C@H]1C(=O)N([C@H](C)CO)C3C(=O)N(C(C)(C)CC(C)(C)C)CC=C[C@@]31O2. The molecule has 0 aromatic heterocycles. The van der Waals surface area contributed by atoms with Crippen LogP contribution in [0.1, 0.15) is 66.9 Å². The van der Waals surface area contributed by atoms with Crippen molar-refractivity contribution in [3.05, 3.63) is 60.2 Å². The molecule has 8 heteroatoms. The predicted molar refractivity (Wildman–Crippen MR) is 161 cm³/mol. The summed E-state index contributed by atoms with van der Waals surface area (Å²) in [6, 6.07) is 8.21. The minimum Gasteiger partial charge on any atom is -0.394 e. The van der Waals surface area contributed by atoms with Crippen molar-refractivity contribution < 1.29 is 24.2 Å². The average Bonchev–Trinajstić information content (AvgIpc) is 3.22. The summed E-state index contributed by atoms with van der Waals surface area (Å²) in [5, 5.41) is 10.3. The molecule has 4 heterocycles. The number of carbonyl (C=O) groups is 3. The molecule has 42 heavy (non-hydrogen) atoms. The standard InChI is InChI=1S/C34H47N3O5/c1-8-33-16-12-18-35(20-24-14-10-9-11-15-24)28(39)25(33)26-29(40)37(23(2)21-38)27-30(41)36(19-13-17-34(26,27)42-33)32(6,7)22-31(3,4)5/h9-17,23,25-27,38H,8,18-22H2,1-7H3/t23-,25+,26+,27?,33-,34+/m1/s1. The number of carbonyl (C=O) groups excluding carboxylic acids is 3. The first-order valence-corrected chi connectivity index (χ1v) is 15.3. The zero-order valence-electron chi connectivity index (χ0n) is 26.2. The largest absolute Gasteiger partial charge is 0.394 e. The van der Waals surface area contributed by atoms with Crippen LogP contribution in [0.5, 0.6) is 0 Å². The van der Waals surface area contributed by atoms with E-state index in [-0.39, 0.29) is 29.7 Å². The zero-order valence-corrected chi connectivity index (χ0v) is 26.2. The van der Waals surface area contributed by atoms with E-state index in [0.717, 1.165) is 12.0 Å². The van der Waals surface area contributed by atoms with E-state index in [1.54, 1.807) is 11.8 Å². The van der Waals surface area contributed by atoms with Crippen molar-refractivity contribution in [3.63, 3.8) is 0 Å². The number of aliphatic hydroxyl groups excluding tert-OH is 1. The minimum absolute atomic E-state index is 0.0354. The van der Waals surface area contributed by atoms with E-state index in [9.17, 15) is 19.5 Å². The summed E-state index contributed by atoms with van der Waals surface area (Å²) in [6.07, 6.45) is 9.00. The summed E-state index contributed by atoms with van der Waals surface area (Å²) in [4.78, 5) is 49.0. The van der Waals surface area contributed by atoms with Gasteiger partial charge in [0, 0.05) is 25.2 Å². The van der Waals surface area contributed by atoms with E-state index < -0.39 is 40.7 Å². The number of hydrogen-bond acceptors (Lipinski definition) is 5. The number of nitrogens with zero attached hydrogens (tertiary/aromatic N) is 3. The number of hydrogen-bond donors (Lipinski definition) is 1. The number of rotatable bonds is 7. The van der Waals surface area contributed by atoms with Crippen LogP contribution in [0.3, 0.4) is 0 Å². The van der Waals surface area contributed by atoms with Crippen molar-refractivity contribution in [1.29, 1.82) is 0 Å². The van der Waals surface area contributed by atoms with Crippen LogP contribution >= 0.6 is 0 Å². The van der Waals surface area contributed by atoms with Gasteiger partial charge in [0.1, 0.15) is 11.6 Å². The van der Waals surface area contributed by atoms with E-state index in [4.69, 9.17) is 4.74 Å². The van der Waals surface area contributed by atoms with Gasteiger partial charge in [-0.25, -0.2) is 0 Å². The molecule has 4 aliphatic rings. The van der Waals surface area contributed by atoms with Gasteiger partial charge in [0.25, 0.3) is 0 Å². The van der Waals surface area contributed by atoms with Crippen LogP contribution in [0.4, 0.5) is 0 Å². The second kappa shape index (κ2) is 10.6. The van der Waals surface area contributed by atoms with Gasteiger partial charge in [-0.1, -0.05) is 82.3 Å². The maximum Gasteiger partial charge on any atom is 0.249 e. The Balaban J connectivity index is 1.62. The normalized spacial score (nSPS) is 32.0. The van der Waals surface area contributed by atoms with Gasteiger partial charge in [-0.2, -0.15) is 0 Å². The third-order valence-corrected chi connectivity index (χ3v) is 9.61. The molecule has 1 spiro atoms. The molecule has 0 aliphatic carbocycles. The van der Waals surface area contributed by atoms with E-state index in [0.29, 0.717) is 26.1 Å². The topological polar surface area (TPSA) is 90.4 Å². The van der Waals surface area contributed by atoms with E-state index in [1.165, 1.54) is 4.90 Å². The Labute approximate surface area is 250 Å². The summed E-state index contributed by atoms with van der Waals surface area (Å²) in [5.41, 5.74) is -1.90. The van der Waals surface area contributed by atoms with E-state index in [2.05, 4.69) is 34.6 Å². The van der Waals surface area contributed by atoms with Crippen molar-refractivity contribution in [2.24, 2.45) is 17.3 Å². The average molecular weight is 578 g/mol. The molecule has 2 fully saturated rings. The Hall–Kier alpha value is -2.97. The number of ether oxygens (including phenoxy) is 1. The van der Waals surface area contributed by atoms with Crippen molar-refractivity contribution in [3.8, 4) is 0 Å². The highest BCUT2D eigenvalue weighted by atomic mass is 16.5. The van der Waals surface area contributed by atoms with Crippen LogP contribution < -0.4 is 0 Å². The molecule has 1 aromatic carbocycles. The van der Waals surface area contributed by atoms with Crippen LogP contribution in [0.25, 0.3) is 0 Å². The second-order valence-corrected chi connectivity index (χ2v) is 14.4. The minimum atomic E-state index is -1.33. The summed E-state index contributed by atoms with van der Waals surface area (Å²) in [7, 11) is 0. The number of amides is 3.